The summed E-state index contributed by atoms with van der Waals surface area (Å²) in [5, 5.41) is 0. The zero-order valence-electron chi connectivity index (χ0n) is 8.99. The van der Waals surface area contributed by atoms with Crippen molar-refractivity contribution in [3.8, 4) is 5.75 Å². The van der Waals surface area contributed by atoms with Gasteiger partial charge in [0.15, 0.2) is 5.75 Å². The predicted octanol–water partition coefficient (Wildman–Crippen LogP) is 1.90. The van der Waals surface area contributed by atoms with E-state index in [4.69, 9.17) is 4.74 Å². The number of ether oxygens (including phenoxy) is 1. The predicted molar refractivity (Wildman–Crippen MR) is 56.7 cm³/mol. The fourth-order valence-corrected chi connectivity index (χ4v) is 1.32. The van der Waals surface area contributed by atoms with Crippen LogP contribution in [0.3, 0.4) is 0 Å². The van der Waals surface area contributed by atoms with Crippen LogP contribution in [0.4, 0.5) is 0 Å². The van der Waals surface area contributed by atoms with Crippen molar-refractivity contribution in [3.05, 3.63) is 28.7 Å². The zero-order valence-corrected chi connectivity index (χ0v) is 8.99. The van der Waals surface area contributed by atoms with Crippen molar-refractivity contribution in [1.82, 2.24) is 4.57 Å². The van der Waals surface area contributed by atoms with Crippen molar-refractivity contribution in [2.45, 2.75) is 27.3 Å². The molecule has 0 unspecified atom stereocenters. The maximum Gasteiger partial charge on any atom is 0.292 e. The van der Waals surface area contributed by atoms with Crippen LogP contribution < -0.4 is 10.3 Å². The summed E-state index contributed by atoms with van der Waals surface area (Å²) in [5.41, 5.74) is -0.0388. The number of nitrogens with zero attached hydrogens (tertiary/aromatic N) is 1. The Bertz CT molecular complexity index is 341. The van der Waals surface area contributed by atoms with E-state index < -0.39 is 0 Å². The second-order valence-corrected chi connectivity index (χ2v) is 3.66. The Labute approximate surface area is 84.3 Å². The first-order chi connectivity index (χ1) is 6.65. The highest BCUT2D eigenvalue weighted by atomic mass is 16.5. The summed E-state index contributed by atoms with van der Waals surface area (Å²) in [6, 6.07) is 3.55. The standard InChI is InChI=1S/C11H17NO2/c1-4-14-10-6-5-7-12(11(10)13)8-9(2)3/h5-7,9H,4,8H2,1-3H3. The van der Waals surface area contributed by atoms with Crippen molar-refractivity contribution in [2.24, 2.45) is 5.92 Å². The third-order valence-electron chi connectivity index (χ3n) is 1.85. The lowest BCUT2D eigenvalue weighted by atomic mass is 10.2. The molecule has 0 aliphatic heterocycles. The second kappa shape index (κ2) is 4.84. The highest BCUT2D eigenvalue weighted by molar-refractivity contribution is 5.17. The fraction of sp³-hybridized carbons (Fsp3) is 0.545. The van der Waals surface area contributed by atoms with Crippen LogP contribution in [0.25, 0.3) is 0 Å². The Kier molecular flexibility index (Phi) is 3.74. The monoisotopic (exact) mass is 195 g/mol. The minimum atomic E-state index is -0.0388. The minimum absolute atomic E-state index is 0.0388. The number of pyridine rings is 1. The molecule has 1 aromatic heterocycles. The topological polar surface area (TPSA) is 31.2 Å². The van der Waals surface area contributed by atoms with Gasteiger partial charge in [-0.05, 0) is 25.0 Å². The van der Waals surface area contributed by atoms with Gasteiger partial charge in [-0.25, -0.2) is 0 Å². The highest BCUT2D eigenvalue weighted by Crippen LogP contribution is 2.03. The maximum absolute atomic E-state index is 11.7. The minimum Gasteiger partial charge on any atom is -0.488 e. The molecule has 0 fully saturated rings. The average Bonchev–Trinajstić information content (AvgIpc) is 2.11. The van der Waals surface area contributed by atoms with Gasteiger partial charge in [0.2, 0.25) is 0 Å². The lowest BCUT2D eigenvalue weighted by molar-refractivity contribution is 0.330. The average molecular weight is 195 g/mol. The lowest BCUT2D eigenvalue weighted by Gasteiger charge is -2.10. The van der Waals surface area contributed by atoms with Crippen LogP contribution in [0.2, 0.25) is 0 Å². The SMILES string of the molecule is CCOc1cccn(CC(C)C)c1=O. The van der Waals surface area contributed by atoms with Crippen molar-refractivity contribution in [2.75, 3.05) is 6.61 Å². The molecule has 78 valence electrons. The van der Waals surface area contributed by atoms with Gasteiger partial charge in [-0.3, -0.25) is 4.79 Å². The summed E-state index contributed by atoms with van der Waals surface area (Å²) >= 11 is 0. The molecule has 0 N–H and O–H groups in total. The summed E-state index contributed by atoms with van der Waals surface area (Å²) in [5.74, 6) is 0.903. The maximum atomic E-state index is 11.7. The summed E-state index contributed by atoms with van der Waals surface area (Å²) in [4.78, 5) is 11.7. The molecule has 1 rings (SSSR count). The molecular weight excluding hydrogens is 178 g/mol. The first-order valence-corrected chi connectivity index (χ1v) is 4.97. The van der Waals surface area contributed by atoms with Crippen LogP contribution in [0.5, 0.6) is 5.75 Å². The van der Waals surface area contributed by atoms with Gasteiger partial charge in [0, 0.05) is 12.7 Å². The molecular formula is C11H17NO2. The third kappa shape index (κ3) is 2.62. The first-order valence-electron chi connectivity index (χ1n) is 4.97. The molecule has 0 saturated carbocycles. The van der Waals surface area contributed by atoms with Gasteiger partial charge in [-0.1, -0.05) is 13.8 Å². The molecule has 0 radical (unpaired) electrons. The van der Waals surface area contributed by atoms with Gasteiger partial charge in [0.05, 0.1) is 6.61 Å². The van der Waals surface area contributed by atoms with E-state index >= 15 is 0 Å². The van der Waals surface area contributed by atoms with Gasteiger partial charge < -0.3 is 9.30 Å². The molecule has 1 heterocycles. The van der Waals surface area contributed by atoms with E-state index in [1.54, 1.807) is 16.8 Å². The van der Waals surface area contributed by atoms with Crippen LogP contribution >= 0.6 is 0 Å². The van der Waals surface area contributed by atoms with E-state index in [0.717, 1.165) is 6.54 Å². The molecule has 0 aliphatic rings. The Balaban J connectivity index is 2.95. The molecule has 0 saturated heterocycles. The second-order valence-electron chi connectivity index (χ2n) is 3.66. The summed E-state index contributed by atoms with van der Waals surface area (Å²) in [6.45, 7) is 7.31. The van der Waals surface area contributed by atoms with E-state index in [1.165, 1.54) is 0 Å². The molecule has 0 bridgehead atoms. The summed E-state index contributed by atoms with van der Waals surface area (Å²) < 4.78 is 6.92. The fourth-order valence-electron chi connectivity index (χ4n) is 1.32. The van der Waals surface area contributed by atoms with Gasteiger partial charge >= 0.3 is 0 Å². The van der Waals surface area contributed by atoms with Crippen LogP contribution in [-0.4, -0.2) is 11.2 Å². The van der Waals surface area contributed by atoms with Crippen molar-refractivity contribution >= 4 is 0 Å². The quantitative estimate of drug-likeness (QED) is 0.734. The first kappa shape index (κ1) is 10.8. The highest BCUT2D eigenvalue weighted by Gasteiger charge is 2.04. The molecule has 0 aromatic carbocycles. The largest absolute Gasteiger partial charge is 0.488 e. The smallest absolute Gasteiger partial charge is 0.292 e. The Hall–Kier alpha value is -1.25. The molecule has 1 aromatic rings. The number of aromatic nitrogens is 1. The van der Waals surface area contributed by atoms with E-state index in [-0.39, 0.29) is 5.56 Å². The number of hydrogen-bond donors (Lipinski definition) is 0. The van der Waals surface area contributed by atoms with Gasteiger partial charge in [0.1, 0.15) is 0 Å². The molecule has 0 aliphatic carbocycles. The van der Waals surface area contributed by atoms with Crippen LogP contribution in [0.15, 0.2) is 23.1 Å². The van der Waals surface area contributed by atoms with Gasteiger partial charge in [-0.2, -0.15) is 0 Å². The summed E-state index contributed by atoms with van der Waals surface area (Å²) in [6.07, 6.45) is 1.80. The van der Waals surface area contributed by atoms with Crippen molar-refractivity contribution in [1.29, 1.82) is 0 Å². The van der Waals surface area contributed by atoms with E-state index in [9.17, 15) is 4.79 Å². The molecule has 0 atom stereocenters. The Morgan fingerprint density at radius 2 is 2.21 bits per heavy atom. The van der Waals surface area contributed by atoms with Crippen LogP contribution in [0.1, 0.15) is 20.8 Å². The van der Waals surface area contributed by atoms with Crippen LogP contribution in [0, 0.1) is 5.92 Å². The normalized spacial score (nSPS) is 10.6. The van der Waals surface area contributed by atoms with E-state index in [0.29, 0.717) is 18.3 Å². The molecule has 3 nitrogen and oxygen atoms in total. The Morgan fingerprint density at radius 3 is 2.79 bits per heavy atom. The lowest BCUT2D eigenvalue weighted by Crippen LogP contribution is -2.23. The van der Waals surface area contributed by atoms with Crippen LogP contribution in [-0.2, 0) is 6.54 Å². The van der Waals surface area contributed by atoms with E-state index in [1.807, 2.05) is 13.0 Å². The Morgan fingerprint density at radius 1 is 1.50 bits per heavy atom. The van der Waals surface area contributed by atoms with Gasteiger partial charge in [0.25, 0.3) is 5.56 Å². The molecule has 3 heteroatoms. The zero-order chi connectivity index (χ0) is 10.6. The van der Waals surface area contributed by atoms with Gasteiger partial charge in [-0.15, -0.1) is 0 Å². The molecule has 14 heavy (non-hydrogen) atoms. The third-order valence-corrected chi connectivity index (χ3v) is 1.85. The summed E-state index contributed by atoms with van der Waals surface area (Å²) in [7, 11) is 0. The van der Waals surface area contributed by atoms with Crippen molar-refractivity contribution < 1.29 is 4.74 Å². The van der Waals surface area contributed by atoms with E-state index in [2.05, 4.69) is 13.8 Å². The molecule has 0 spiro atoms. The molecule has 0 amide bonds. The number of rotatable bonds is 4. The number of hydrogen-bond acceptors (Lipinski definition) is 2. The van der Waals surface area contributed by atoms with Crippen molar-refractivity contribution in [3.63, 3.8) is 0 Å².